The molecule has 1 N–H and O–H groups in total. The summed E-state index contributed by atoms with van der Waals surface area (Å²) in [6.07, 6.45) is 2.70. The normalized spacial score (nSPS) is 25.5. The first-order valence-corrected chi connectivity index (χ1v) is 9.19. The molecule has 1 saturated heterocycles. The number of benzene rings is 3. The van der Waals surface area contributed by atoms with Crippen molar-refractivity contribution in [1.29, 1.82) is 0 Å². The molecule has 0 aromatic heterocycles. The summed E-state index contributed by atoms with van der Waals surface area (Å²) < 4.78 is 0.352. The monoisotopic (exact) mass is 366 g/mol. The van der Waals surface area contributed by atoms with Crippen molar-refractivity contribution >= 4 is 34.3 Å². The summed E-state index contributed by atoms with van der Waals surface area (Å²) in [5.41, 5.74) is 0.999. The lowest BCUT2D eigenvalue weighted by Gasteiger charge is -2.43. The zero-order valence-electron chi connectivity index (χ0n) is 14.7. The van der Waals surface area contributed by atoms with Gasteiger partial charge in [0.25, 0.3) is 0 Å². The van der Waals surface area contributed by atoms with Gasteiger partial charge in [-0.25, -0.2) is 0 Å². The third-order valence-corrected chi connectivity index (χ3v) is 6.21. The second kappa shape index (κ2) is 6.11. The van der Waals surface area contributed by atoms with Crippen LogP contribution in [0.5, 0.6) is 5.75 Å². The lowest BCUT2D eigenvalue weighted by molar-refractivity contribution is -0.116. The Morgan fingerprint density at radius 1 is 1.08 bits per heavy atom. The van der Waals surface area contributed by atoms with Gasteiger partial charge < -0.3 is 5.11 Å². The molecule has 1 aliphatic heterocycles. The van der Waals surface area contributed by atoms with Crippen LogP contribution >= 0.6 is 11.6 Å². The fraction of sp³-hybridized carbons (Fsp3) is 0.227. The number of halogens is 1. The van der Waals surface area contributed by atoms with Crippen LogP contribution in [-0.4, -0.2) is 25.0 Å². The van der Waals surface area contributed by atoms with E-state index in [0.717, 1.165) is 47.7 Å². The van der Waals surface area contributed by atoms with Crippen LogP contribution in [0.4, 0.5) is 5.69 Å². The van der Waals surface area contributed by atoms with Gasteiger partial charge in [-0.2, -0.15) is 0 Å². The number of quaternary nitrogens is 1. The Bertz CT molecular complexity index is 985. The molecule has 3 nitrogen and oxygen atoms in total. The van der Waals surface area contributed by atoms with Crippen molar-refractivity contribution < 1.29 is 9.90 Å². The number of likely N-dealkylation sites (tertiary alicyclic amines) is 1. The van der Waals surface area contributed by atoms with E-state index in [2.05, 4.69) is 7.05 Å². The van der Waals surface area contributed by atoms with Crippen LogP contribution in [-0.2, 0) is 10.3 Å². The molecule has 4 rings (SSSR count). The number of hydrogen-bond acceptors (Lipinski definition) is 2. The highest BCUT2D eigenvalue weighted by atomic mass is 35.5. The van der Waals surface area contributed by atoms with Crippen molar-refractivity contribution in [2.24, 2.45) is 0 Å². The number of carbonyl (C=O) groups excluding carboxylic acids is 1. The standard InChI is InChI=1S/C22H20ClNO2/c1-24(21-19-6-3-2-5-16(19)7-12-20(21)26)14-4-13-22(24,15-25)17-8-10-18(23)11-9-17/h2-3,5-12,15H,4,13-14H2,1H3/p+1. The molecule has 3 aromatic rings. The van der Waals surface area contributed by atoms with Gasteiger partial charge in [0.05, 0.1) is 13.6 Å². The Balaban J connectivity index is 2.02. The second-order valence-electron chi connectivity index (χ2n) is 7.22. The van der Waals surface area contributed by atoms with Gasteiger partial charge in [0.15, 0.2) is 23.3 Å². The SMILES string of the molecule is C[N+]1(c2c(O)ccc3ccccc23)CCCC1(C=O)c1ccc(Cl)cc1. The fourth-order valence-corrected chi connectivity index (χ4v) is 4.72. The maximum atomic E-state index is 12.5. The maximum absolute atomic E-state index is 12.5. The predicted octanol–water partition coefficient (Wildman–Crippen LogP) is 5.02. The molecular formula is C22H21ClNO2+. The number of aromatic hydroxyl groups is 1. The highest BCUT2D eigenvalue weighted by Crippen LogP contribution is 2.51. The molecular weight excluding hydrogens is 346 g/mol. The quantitative estimate of drug-likeness (QED) is 0.521. The number of phenolic OH excluding ortho intramolecular Hbond substituents is 1. The van der Waals surface area contributed by atoms with Gasteiger partial charge in [-0.1, -0.05) is 48.0 Å². The van der Waals surface area contributed by atoms with Crippen molar-refractivity contribution in [2.75, 3.05) is 13.6 Å². The van der Waals surface area contributed by atoms with Crippen molar-refractivity contribution in [1.82, 2.24) is 4.48 Å². The van der Waals surface area contributed by atoms with Gasteiger partial charge in [-0.3, -0.25) is 9.28 Å². The summed E-state index contributed by atoms with van der Waals surface area (Å²) in [6.45, 7) is 0.781. The average Bonchev–Trinajstić information content (AvgIpc) is 3.00. The Kier molecular flexibility index (Phi) is 4.02. The maximum Gasteiger partial charge on any atom is 0.185 e. The van der Waals surface area contributed by atoms with Gasteiger partial charge in [-0.15, -0.1) is 0 Å². The average molecular weight is 367 g/mol. The second-order valence-corrected chi connectivity index (χ2v) is 7.66. The number of carbonyl (C=O) groups is 1. The van der Waals surface area contributed by atoms with Gasteiger partial charge in [0.2, 0.25) is 0 Å². The molecule has 0 aliphatic carbocycles. The fourth-order valence-electron chi connectivity index (χ4n) is 4.60. The molecule has 132 valence electrons. The topological polar surface area (TPSA) is 37.3 Å². The van der Waals surface area contributed by atoms with E-state index >= 15 is 0 Å². The minimum Gasteiger partial charge on any atom is -0.503 e. The van der Waals surface area contributed by atoms with E-state index in [1.807, 2.05) is 54.6 Å². The highest BCUT2D eigenvalue weighted by Gasteiger charge is 2.56. The molecule has 0 bridgehead atoms. The number of hydrogen-bond donors (Lipinski definition) is 1. The molecule has 2 atom stereocenters. The third-order valence-electron chi connectivity index (χ3n) is 5.96. The van der Waals surface area contributed by atoms with Crippen molar-refractivity contribution in [2.45, 2.75) is 18.4 Å². The molecule has 4 heteroatoms. The van der Waals surface area contributed by atoms with E-state index in [9.17, 15) is 9.90 Å². The smallest absolute Gasteiger partial charge is 0.185 e. The predicted molar refractivity (Wildman–Crippen MR) is 107 cm³/mol. The minimum atomic E-state index is -0.744. The molecule has 26 heavy (non-hydrogen) atoms. The number of phenols is 1. The summed E-state index contributed by atoms with van der Waals surface area (Å²) in [5, 5.41) is 13.5. The summed E-state index contributed by atoms with van der Waals surface area (Å²) in [6, 6.07) is 19.2. The van der Waals surface area contributed by atoms with Crippen LogP contribution in [0.15, 0.2) is 60.7 Å². The van der Waals surface area contributed by atoms with Crippen LogP contribution in [0, 0.1) is 0 Å². The third kappa shape index (κ3) is 2.28. The molecule has 0 saturated carbocycles. The van der Waals surface area contributed by atoms with E-state index in [1.165, 1.54) is 0 Å². The zero-order valence-corrected chi connectivity index (χ0v) is 15.4. The number of nitrogens with zero attached hydrogens (tertiary/aromatic N) is 1. The molecule has 3 aromatic carbocycles. The molecule has 0 spiro atoms. The summed E-state index contributed by atoms with van der Waals surface area (Å²) in [7, 11) is 2.05. The summed E-state index contributed by atoms with van der Waals surface area (Å²) in [4.78, 5) is 12.5. The Labute approximate surface area is 158 Å². The van der Waals surface area contributed by atoms with E-state index < -0.39 is 5.54 Å². The largest absolute Gasteiger partial charge is 0.503 e. The van der Waals surface area contributed by atoms with E-state index in [0.29, 0.717) is 9.51 Å². The van der Waals surface area contributed by atoms with Crippen molar-refractivity contribution in [3.63, 3.8) is 0 Å². The summed E-state index contributed by atoms with van der Waals surface area (Å²) >= 11 is 6.06. The molecule has 1 heterocycles. The molecule has 0 amide bonds. The van der Waals surface area contributed by atoms with Crippen LogP contribution in [0.25, 0.3) is 10.8 Å². The first-order chi connectivity index (χ1) is 12.5. The number of fused-ring (bicyclic) bond motifs is 1. The van der Waals surface area contributed by atoms with E-state index in [-0.39, 0.29) is 5.75 Å². The Morgan fingerprint density at radius 2 is 1.81 bits per heavy atom. The Morgan fingerprint density at radius 3 is 2.54 bits per heavy atom. The zero-order chi connectivity index (χ0) is 18.4. The van der Waals surface area contributed by atoms with Gasteiger partial charge in [0.1, 0.15) is 0 Å². The van der Waals surface area contributed by atoms with Gasteiger partial charge in [-0.05, 0) is 29.7 Å². The highest BCUT2D eigenvalue weighted by molar-refractivity contribution is 6.30. The molecule has 1 fully saturated rings. The van der Waals surface area contributed by atoms with Gasteiger partial charge in [0, 0.05) is 28.8 Å². The number of likely N-dealkylation sites (N-methyl/N-ethyl adjacent to an activating group) is 1. The lowest BCUT2D eigenvalue weighted by atomic mass is 9.86. The van der Waals surface area contributed by atoms with Crippen LogP contribution in [0.2, 0.25) is 5.02 Å². The van der Waals surface area contributed by atoms with Crippen LogP contribution < -0.4 is 4.48 Å². The van der Waals surface area contributed by atoms with E-state index in [4.69, 9.17) is 11.6 Å². The Hall–Kier alpha value is -2.36. The van der Waals surface area contributed by atoms with Crippen LogP contribution in [0.3, 0.4) is 0 Å². The van der Waals surface area contributed by atoms with Crippen molar-refractivity contribution in [3.8, 4) is 5.75 Å². The minimum absolute atomic E-state index is 0.230. The molecule has 0 radical (unpaired) electrons. The molecule has 2 unspecified atom stereocenters. The number of rotatable bonds is 3. The van der Waals surface area contributed by atoms with E-state index in [1.54, 1.807) is 6.07 Å². The lowest BCUT2D eigenvalue weighted by Crippen LogP contribution is -2.58. The first-order valence-electron chi connectivity index (χ1n) is 8.81. The number of aldehydes is 1. The summed E-state index contributed by atoms with van der Waals surface area (Å²) in [5.74, 6) is 0.230. The van der Waals surface area contributed by atoms with Crippen LogP contribution in [0.1, 0.15) is 18.4 Å². The molecule has 1 aliphatic rings. The first kappa shape index (κ1) is 17.1. The van der Waals surface area contributed by atoms with Gasteiger partial charge >= 0.3 is 0 Å². The van der Waals surface area contributed by atoms with Crippen molar-refractivity contribution in [3.05, 3.63) is 71.2 Å².